The van der Waals surface area contributed by atoms with Crippen molar-refractivity contribution in [1.82, 2.24) is 14.7 Å². The molecule has 138 valence electrons. The zero-order valence-electron chi connectivity index (χ0n) is 15.5. The average Bonchev–Trinajstić information content (AvgIpc) is 2.87. The molecule has 3 aliphatic rings. The number of aryl methyl sites for hydroxylation is 1. The van der Waals surface area contributed by atoms with E-state index in [2.05, 4.69) is 12.0 Å². The molecule has 2 fully saturated rings. The van der Waals surface area contributed by atoms with E-state index in [9.17, 15) is 4.79 Å². The molecule has 2 atom stereocenters. The Morgan fingerprint density at radius 3 is 2.48 bits per heavy atom. The van der Waals surface area contributed by atoms with Gasteiger partial charge in [-0.05, 0) is 46.0 Å². The van der Waals surface area contributed by atoms with Crippen molar-refractivity contribution in [2.45, 2.75) is 76.8 Å². The number of hydrogen-bond acceptors (Lipinski definition) is 4. The first-order chi connectivity index (χ1) is 12.0. The first-order valence-corrected chi connectivity index (χ1v) is 9.69. The molecule has 0 N–H and O–H groups in total. The summed E-state index contributed by atoms with van der Waals surface area (Å²) in [5, 5.41) is 4.58. The van der Waals surface area contributed by atoms with Gasteiger partial charge in [-0.25, -0.2) is 0 Å². The maximum absolute atomic E-state index is 13.1. The minimum atomic E-state index is -0.0480. The molecule has 0 radical (unpaired) electrons. The smallest absolute Gasteiger partial charge is 0.272 e. The molecule has 1 aromatic heterocycles. The second-order valence-corrected chi connectivity index (χ2v) is 7.81. The first-order valence-electron chi connectivity index (χ1n) is 9.69. The molecule has 0 aromatic carbocycles. The maximum atomic E-state index is 13.1. The minimum absolute atomic E-state index is 0.0480. The number of carbonyl (C=O) groups is 1. The van der Waals surface area contributed by atoms with E-state index in [0.29, 0.717) is 12.2 Å². The number of amides is 1. The number of likely N-dealkylation sites (tertiary alicyclic amines) is 1. The van der Waals surface area contributed by atoms with Crippen LogP contribution in [0, 0.1) is 0 Å². The normalized spacial score (nSPS) is 27.9. The number of rotatable bonds is 3. The van der Waals surface area contributed by atoms with E-state index in [-0.39, 0.29) is 18.1 Å². The predicted octanol–water partition coefficient (Wildman–Crippen LogP) is 2.62. The summed E-state index contributed by atoms with van der Waals surface area (Å²) in [6.07, 6.45) is 7.23. The van der Waals surface area contributed by atoms with Gasteiger partial charge in [-0.3, -0.25) is 9.48 Å². The molecule has 25 heavy (non-hydrogen) atoms. The number of hydrogen-bond donors (Lipinski definition) is 0. The van der Waals surface area contributed by atoms with Crippen LogP contribution in [0.2, 0.25) is 0 Å². The van der Waals surface area contributed by atoms with Crippen LogP contribution in [0.3, 0.4) is 0 Å². The van der Waals surface area contributed by atoms with Gasteiger partial charge >= 0.3 is 0 Å². The zero-order valence-corrected chi connectivity index (χ0v) is 15.5. The van der Waals surface area contributed by atoms with E-state index in [0.717, 1.165) is 49.3 Å². The van der Waals surface area contributed by atoms with Crippen molar-refractivity contribution in [3.63, 3.8) is 0 Å². The van der Waals surface area contributed by atoms with Crippen LogP contribution in [0.15, 0.2) is 0 Å². The molecule has 6 heteroatoms. The second kappa shape index (κ2) is 6.72. The van der Waals surface area contributed by atoms with E-state index in [1.54, 1.807) is 4.68 Å². The lowest BCUT2D eigenvalue weighted by Crippen LogP contribution is -2.43. The number of piperidine rings is 1. The molecule has 1 aromatic rings. The van der Waals surface area contributed by atoms with Gasteiger partial charge < -0.3 is 14.4 Å². The molecule has 0 spiro atoms. The molecule has 6 nitrogen and oxygen atoms in total. The topological polar surface area (TPSA) is 56.6 Å². The Kier molecular flexibility index (Phi) is 4.58. The average molecular weight is 347 g/mol. The first kappa shape index (κ1) is 17.0. The highest BCUT2D eigenvalue weighted by molar-refractivity contribution is 5.94. The monoisotopic (exact) mass is 347 g/mol. The number of fused-ring (bicyclic) bond motifs is 1. The van der Waals surface area contributed by atoms with Crippen LogP contribution in [0.25, 0.3) is 0 Å². The Morgan fingerprint density at radius 2 is 1.84 bits per heavy atom. The predicted molar refractivity (Wildman–Crippen MR) is 93.5 cm³/mol. The van der Waals surface area contributed by atoms with Gasteiger partial charge in [-0.1, -0.05) is 0 Å². The third kappa shape index (κ3) is 3.22. The molecule has 2 aliphatic heterocycles. The van der Waals surface area contributed by atoms with Gasteiger partial charge in [0, 0.05) is 32.1 Å². The van der Waals surface area contributed by atoms with Gasteiger partial charge in [0.05, 0.1) is 30.1 Å². The van der Waals surface area contributed by atoms with E-state index >= 15 is 0 Å². The summed E-state index contributed by atoms with van der Waals surface area (Å²) in [7, 11) is 1.87. The van der Waals surface area contributed by atoms with Crippen LogP contribution in [0.4, 0.5) is 0 Å². The molecule has 1 amide bonds. The van der Waals surface area contributed by atoms with E-state index in [1.165, 1.54) is 19.3 Å². The van der Waals surface area contributed by atoms with Crippen molar-refractivity contribution in [1.29, 1.82) is 0 Å². The van der Waals surface area contributed by atoms with Crippen LogP contribution in [-0.4, -0.2) is 52.0 Å². The van der Waals surface area contributed by atoms with Crippen LogP contribution in [-0.2, 0) is 22.9 Å². The van der Waals surface area contributed by atoms with Gasteiger partial charge in [0.1, 0.15) is 5.69 Å². The lowest BCUT2D eigenvalue weighted by Gasteiger charge is -2.36. The molecule has 1 aliphatic carbocycles. The van der Waals surface area contributed by atoms with Crippen molar-refractivity contribution >= 4 is 5.91 Å². The molecule has 0 unspecified atom stereocenters. The van der Waals surface area contributed by atoms with Crippen molar-refractivity contribution in [3.05, 3.63) is 17.0 Å². The summed E-state index contributed by atoms with van der Waals surface area (Å²) < 4.78 is 13.7. The Labute approximate surface area is 149 Å². The van der Waals surface area contributed by atoms with Gasteiger partial charge in [-0.2, -0.15) is 5.10 Å². The fourth-order valence-corrected chi connectivity index (χ4v) is 4.26. The number of ether oxygens (including phenoxy) is 2. The standard InChI is InChI=1S/C19H29N3O3/c1-12-11-16-17(13(2)24-12)20-21(3)18(16)19(23)22-9-7-15(8-10-22)25-14-5-4-6-14/h12-15H,4-11H2,1-3H3/t12-,13+/m1/s1. The van der Waals surface area contributed by atoms with Gasteiger partial charge in [0.15, 0.2) is 0 Å². The molecular formula is C19H29N3O3. The molecule has 1 saturated carbocycles. The summed E-state index contributed by atoms with van der Waals surface area (Å²) in [5.74, 6) is 0.111. The highest BCUT2D eigenvalue weighted by atomic mass is 16.5. The van der Waals surface area contributed by atoms with Crippen LogP contribution in [0.5, 0.6) is 0 Å². The van der Waals surface area contributed by atoms with Gasteiger partial charge in [-0.15, -0.1) is 0 Å². The highest BCUT2D eigenvalue weighted by Crippen LogP contribution is 2.32. The summed E-state index contributed by atoms with van der Waals surface area (Å²) in [6.45, 7) is 5.62. The van der Waals surface area contributed by atoms with E-state index in [4.69, 9.17) is 9.47 Å². The molecular weight excluding hydrogens is 318 g/mol. The fraction of sp³-hybridized carbons (Fsp3) is 0.789. The molecule has 1 saturated heterocycles. The van der Waals surface area contributed by atoms with Crippen molar-refractivity contribution in [3.8, 4) is 0 Å². The molecule has 3 heterocycles. The summed E-state index contributed by atoms with van der Waals surface area (Å²) in [4.78, 5) is 15.1. The Bertz CT molecular complexity index is 645. The fourth-order valence-electron chi connectivity index (χ4n) is 4.26. The van der Waals surface area contributed by atoms with Gasteiger partial charge in [0.2, 0.25) is 0 Å². The Balaban J connectivity index is 1.45. The lowest BCUT2D eigenvalue weighted by molar-refractivity contribution is -0.0706. The van der Waals surface area contributed by atoms with Gasteiger partial charge in [0.25, 0.3) is 5.91 Å². The molecule has 4 rings (SSSR count). The SMILES string of the molecule is C[C@@H]1Cc2c(nn(C)c2C(=O)N2CCC(OC3CCC3)CC2)[C@H](C)O1. The summed E-state index contributed by atoms with van der Waals surface area (Å²) >= 11 is 0. The quantitative estimate of drug-likeness (QED) is 0.843. The highest BCUT2D eigenvalue weighted by Gasteiger charge is 2.34. The third-order valence-corrected chi connectivity index (χ3v) is 5.86. The number of aromatic nitrogens is 2. The lowest BCUT2D eigenvalue weighted by atomic mass is 9.95. The summed E-state index contributed by atoms with van der Waals surface area (Å²) in [6, 6.07) is 0. The largest absolute Gasteiger partial charge is 0.375 e. The minimum Gasteiger partial charge on any atom is -0.375 e. The summed E-state index contributed by atoms with van der Waals surface area (Å²) in [5.41, 5.74) is 2.74. The van der Waals surface area contributed by atoms with Crippen molar-refractivity contribution in [2.24, 2.45) is 7.05 Å². The number of carbonyl (C=O) groups excluding carboxylic acids is 1. The van der Waals surface area contributed by atoms with Crippen molar-refractivity contribution in [2.75, 3.05) is 13.1 Å². The zero-order chi connectivity index (χ0) is 17.6. The Hall–Kier alpha value is -1.40. The molecule has 0 bridgehead atoms. The Morgan fingerprint density at radius 1 is 1.16 bits per heavy atom. The third-order valence-electron chi connectivity index (χ3n) is 5.86. The number of nitrogens with zero attached hydrogens (tertiary/aromatic N) is 3. The van der Waals surface area contributed by atoms with Crippen LogP contribution >= 0.6 is 0 Å². The van der Waals surface area contributed by atoms with E-state index < -0.39 is 0 Å². The maximum Gasteiger partial charge on any atom is 0.272 e. The van der Waals surface area contributed by atoms with Crippen LogP contribution < -0.4 is 0 Å². The second-order valence-electron chi connectivity index (χ2n) is 7.81. The van der Waals surface area contributed by atoms with Crippen molar-refractivity contribution < 1.29 is 14.3 Å². The van der Waals surface area contributed by atoms with E-state index in [1.807, 2.05) is 18.9 Å². The van der Waals surface area contributed by atoms with Crippen LogP contribution in [0.1, 0.15) is 73.8 Å².